The van der Waals surface area contributed by atoms with E-state index in [1.54, 1.807) is 0 Å². The van der Waals surface area contributed by atoms with Gasteiger partial charge in [0.15, 0.2) is 0 Å². The minimum atomic E-state index is -0.595. The molecule has 0 aromatic carbocycles. The fourth-order valence-corrected chi connectivity index (χ4v) is 5.52. The lowest BCUT2D eigenvalue weighted by atomic mass is 9.93. The van der Waals surface area contributed by atoms with Crippen LogP contribution in [-0.2, 0) is 9.47 Å². The molecule has 0 aromatic heterocycles. The lowest BCUT2D eigenvalue weighted by Crippen LogP contribution is -2.52. The van der Waals surface area contributed by atoms with Crippen LogP contribution in [0.2, 0.25) is 0 Å². The standard InChI is InChI=1S/C29H46N2O4/c1-7-26-19(3)9-12-27(35-26)20(4)16-18(2)8-10-23-21(5)24(23)11-13-28-29(32)25(30-6)17-22(34-28)14-15-31-33/h8-11,13,15-16,18,21-30,32-33H,7,12,14,17H2,1-6H3/b10-8+,13-11+,20-16+,31-15-/t18-,21-,22-,23+,24+,25+,26-,27-,28+,29-/m1/s1. The second-order valence-electron chi connectivity index (χ2n) is 10.6. The molecule has 2 fully saturated rings. The highest BCUT2D eigenvalue weighted by atomic mass is 16.5. The van der Waals surface area contributed by atoms with E-state index in [0.29, 0.717) is 36.5 Å². The number of aliphatic hydroxyl groups excluding tert-OH is 1. The summed E-state index contributed by atoms with van der Waals surface area (Å²) in [5.74, 6) is 1.92. The first kappa shape index (κ1) is 27.9. The van der Waals surface area contributed by atoms with Crippen molar-refractivity contribution < 1.29 is 19.8 Å². The molecule has 6 nitrogen and oxygen atoms in total. The summed E-state index contributed by atoms with van der Waals surface area (Å²) in [5, 5.41) is 25.7. The van der Waals surface area contributed by atoms with Crippen molar-refractivity contribution in [1.82, 2.24) is 5.32 Å². The summed E-state index contributed by atoms with van der Waals surface area (Å²) in [7, 11) is 1.86. The molecule has 0 bridgehead atoms. The van der Waals surface area contributed by atoms with Crippen LogP contribution in [0.3, 0.4) is 0 Å². The summed E-state index contributed by atoms with van der Waals surface area (Å²) in [4.78, 5) is 0. The number of likely N-dealkylation sites (N-methyl/N-ethyl adjacent to an activating group) is 1. The average Bonchev–Trinajstić information content (AvgIpc) is 3.48. The Balaban J connectivity index is 1.54. The molecule has 0 aromatic rings. The van der Waals surface area contributed by atoms with Crippen molar-refractivity contribution in [1.29, 1.82) is 0 Å². The number of nitrogens with one attached hydrogen (secondary N) is 1. The van der Waals surface area contributed by atoms with Crippen LogP contribution in [0.5, 0.6) is 0 Å². The van der Waals surface area contributed by atoms with Crippen LogP contribution < -0.4 is 5.32 Å². The lowest BCUT2D eigenvalue weighted by Gasteiger charge is -2.38. The van der Waals surface area contributed by atoms with Gasteiger partial charge >= 0.3 is 0 Å². The Morgan fingerprint density at radius 1 is 1.26 bits per heavy atom. The maximum Gasteiger partial charge on any atom is 0.103 e. The highest BCUT2D eigenvalue weighted by Crippen LogP contribution is 2.48. The predicted molar refractivity (Wildman–Crippen MR) is 142 cm³/mol. The van der Waals surface area contributed by atoms with Crippen molar-refractivity contribution >= 4 is 6.21 Å². The Hall–Kier alpha value is -1.73. The third-order valence-electron chi connectivity index (χ3n) is 8.01. The molecule has 0 radical (unpaired) electrons. The SMILES string of the molecule is CC[C@H]1O[C@@H](/C(C)=C/[C@H](C)/C=C/[C@H]2[C@@H](C)[C@@H]2/C=C/[C@@H]2O[C@H](C/C=N\O)C[C@H](NC)[C@H]2O)CC=C1C. The van der Waals surface area contributed by atoms with Gasteiger partial charge in [-0.3, -0.25) is 0 Å². The summed E-state index contributed by atoms with van der Waals surface area (Å²) < 4.78 is 12.4. The zero-order valence-corrected chi connectivity index (χ0v) is 22.3. The van der Waals surface area contributed by atoms with Crippen molar-refractivity contribution in [3.05, 3.63) is 47.6 Å². The number of allylic oxidation sites excluding steroid dienone is 4. The molecule has 0 spiro atoms. The molecule has 3 N–H and O–H groups in total. The Labute approximate surface area is 211 Å². The number of hydrogen-bond acceptors (Lipinski definition) is 6. The minimum absolute atomic E-state index is 0.0427. The second kappa shape index (κ2) is 13.0. The van der Waals surface area contributed by atoms with Crippen LogP contribution in [0.1, 0.15) is 60.3 Å². The zero-order valence-electron chi connectivity index (χ0n) is 22.3. The van der Waals surface area contributed by atoms with E-state index in [9.17, 15) is 5.11 Å². The fraction of sp³-hybridized carbons (Fsp3) is 0.690. The molecule has 2 aliphatic heterocycles. The van der Waals surface area contributed by atoms with Crippen LogP contribution in [0, 0.1) is 23.7 Å². The summed E-state index contributed by atoms with van der Waals surface area (Å²) in [6.45, 7) is 11.1. The zero-order chi connectivity index (χ0) is 25.5. The lowest BCUT2D eigenvalue weighted by molar-refractivity contribution is -0.106. The first-order chi connectivity index (χ1) is 16.8. The molecule has 1 saturated heterocycles. The van der Waals surface area contributed by atoms with Gasteiger partial charge in [0.2, 0.25) is 0 Å². The van der Waals surface area contributed by atoms with E-state index in [4.69, 9.17) is 14.7 Å². The van der Waals surface area contributed by atoms with Crippen LogP contribution in [-0.4, -0.2) is 60.1 Å². The molecular formula is C29H46N2O4. The smallest absolute Gasteiger partial charge is 0.103 e. The molecule has 0 amide bonds. The highest BCUT2D eigenvalue weighted by molar-refractivity contribution is 5.56. The van der Waals surface area contributed by atoms with E-state index in [0.717, 1.165) is 12.8 Å². The second-order valence-corrected chi connectivity index (χ2v) is 10.6. The summed E-state index contributed by atoms with van der Waals surface area (Å²) >= 11 is 0. The van der Waals surface area contributed by atoms with Crippen molar-refractivity contribution in [3.8, 4) is 0 Å². The number of oxime groups is 1. The maximum atomic E-state index is 10.7. The molecule has 2 heterocycles. The van der Waals surface area contributed by atoms with Gasteiger partial charge in [-0.2, -0.15) is 0 Å². The summed E-state index contributed by atoms with van der Waals surface area (Å²) in [6.07, 6.45) is 17.6. The van der Waals surface area contributed by atoms with Gasteiger partial charge in [-0.25, -0.2) is 0 Å². The van der Waals surface area contributed by atoms with Gasteiger partial charge < -0.3 is 25.1 Å². The first-order valence-corrected chi connectivity index (χ1v) is 13.3. The van der Waals surface area contributed by atoms with Gasteiger partial charge in [-0.15, -0.1) is 5.16 Å². The third kappa shape index (κ3) is 7.39. The summed E-state index contributed by atoms with van der Waals surface area (Å²) in [6, 6.07) is -0.0427. The number of aliphatic hydroxyl groups is 1. The first-order valence-electron chi connectivity index (χ1n) is 13.3. The van der Waals surface area contributed by atoms with Crippen molar-refractivity contribution in [2.24, 2.45) is 28.8 Å². The Morgan fingerprint density at radius 2 is 2.00 bits per heavy atom. The van der Waals surface area contributed by atoms with E-state index < -0.39 is 6.10 Å². The maximum absolute atomic E-state index is 10.7. The van der Waals surface area contributed by atoms with E-state index >= 15 is 0 Å². The quantitative estimate of drug-likeness (QED) is 0.175. The van der Waals surface area contributed by atoms with E-state index in [1.807, 2.05) is 13.1 Å². The van der Waals surface area contributed by atoms with E-state index in [2.05, 4.69) is 75.5 Å². The van der Waals surface area contributed by atoms with Crippen LogP contribution in [0.25, 0.3) is 0 Å². The molecule has 10 atom stereocenters. The average molecular weight is 487 g/mol. The molecule has 0 unspecified atom stereocenters. The number of hydrogen-bond donors (Lipinski definition) is 3. The molecule has 1 aliphatic carbocycles. The predicted octanol–water partition coefficient (Wildman–Crippen LogP) is 5.03. The number of ether oxygens (including phenoxy) is 2. The van der Waals surface area contributed by atoms with Gasteiger partial charge in [0.25, 0.3) is 0 Å². The minimum Gasteiger partial charge on any atom is -0.411 e. The Bertz CT molecular complexity index is 833. The van der Waals surface area contributed by atoms with Crippen LogP contribution >= 0.6 is 0 Å². The highest BCUT2D eigenvalue weighted by Gasteiger charge is 2.43. The molecule has 3 aliphatic rings. The molecular weight excluding hydrogens is 440 g/mol. The monoisotopic (exact) mass is 486 g/mol. The molecule has 3 rings (SSSR count). The van der Waals surface area contributed by atoms with Crippen molar-refractivity contribution in [2.75, 3.05) is 7.05 Å². The van der Waals surface area contributed by atoms with Crippen molar-refractivity contribution in [3.63, 3.8) is 0 Å². The third-order valence-corrected chi connectivity index (χ3v) is 8.01. The van der Waals surface area contributed by atoms with E-state index in [-0.39, 0.29) is 30.5 Å². The summed E-state index contributed by atoms with van der Waals surface area (Å²) in [5.41, 5.74) is 2.67. The van der Waals surface area contributed by atoms with Gasteiger partial charge in [0.05, 0.1) is 24.4 Å². The number of nitrogens with zero attached hydrogens (tertiary/aromatic N) is 1. The van der Waals surface area contributed by atoms with Crippen LogP contribution in [0.4, 0.5) is 0 Å². The Kier molecular flexibility index (Phi) is 10.3. The van der Waals surface area contributed by atoms with Crippen LogP contribution in [0.15, 0.2) is 52.8 Å². The normalized spacial score (nSPS) is 39.5. The Morgan fingerprint density at radius 3 is 2.69 bits per heavy atom. The fourth-order valence-electron chi connectivity index (χ4n) is 5.52. The molecule has 196 valence electrons. The molecule has 6 heteroatoms. The van der Waals surface area contributed by atoms with Gasteiger partial charge in [0, 0.05) is 18.7 Å². The van der Waals surface area contributed by atoms with Crippen molar-refractivity contribution in [2.45, 2.75) is 96.9 Å². The molecule has 1 saturated carbocycles. The van der Waals surface area contributed by atoms with Gasteiger partial charge in [-0.05, 0) is 75.0 Å². The topological polar surface area (TPSA) is 83.3 Å². The van der Waals surface area contributed by atoms with Gasteiger partial charge in [-0.1, -0.05) is 57.2 Å². The van der Waals surface area contributed by atoms with E-state index in [1.165, 1.54) is 17.4 Å². The largest absolute Gasteiger partial charge is 0.411 e. The number of rotatable bonds is 10. The van der Waals surface area contributed by atoms with Gasteiger partial charge in [0.1, 0.15) is 6.10 Å². The molecule has 35 heavy (non-hydrogen) atoms.